The van der Waals surface area contributed by atoms with Gasteiger partial charge in [-0.15, -0.1) is 0 Å². The summed E-state index contributed by atoms with van der Waals surface area (Å²) >= 11 is 5.20. The molecule has 150 valence electrons. The number of anilines is 1. The summed E-state index contributed by atoms with van der Waals surface area (Å²) < 4.78 is 16.1. The molecule has 2 aromatic heterocycles. The zero-order chi connectivity index (χ0) is 20.9. The Bertz CT molecular complexity index is 1210. The van der Waals surface area contributed by atoms with Crippen LogP contribution in [0.25, 0.3) is 28.6 Å². The minimum atomic E-state index is -0.367. The van der Waals surface area contributed by atoms with Crippen LogP contribution in [0.5, 0.6) is 5.75 Å². The van der Waals surface area contributed by atoms with Gasteiger partial charge in [-0.2, -0.15) is 0 Å². The van der Waals surface area contributed by atoms with E-state index in [0.29, 0.717) is 28.4 Å². The summed E-state index contributed by atoms with van der Waals surface area (Å²) in [5, 5.41) is 5.71. The first kappa shape index (κ1) is 19.4. The highest BCUT2D eigenvalue weighted by Gasteiger charge is 2.10. The molecule has 4 rings (SSSR count). The molecule has 0 aliphatic rings. The number of furan rings is 1. The van der Waals surface area contributed by atoms with E-state index >= 15 is 0 Å². The molecule has 0 unspecified atom stereocenters. The van der Waals surface area contributed by atoms with E-state index in [0.717, 1.165) is 11.3 Å². The fourth-order valence-corrected chi connectivity index (χ4v) is 2.94. The lowest BCUT2D eigenvalue weighted by Gasteiger charge is -2.07. The second-order valence-corrected chi connectivity index (χ2v) is 6.63. The quantitative estimate of drug-likeness (QED) is 0.360. The molecule has 0 saturated carbocycles. The van der Waals surface area contributed by atoms with Gasteiger partial charge in [0.25, 0.3) is 0 Å². The van der Waals surface area contributed by atoms with Crippen molar-refractivity contribution >= 4 is 46.1 Å². The molecule has 0 aliphatic heterocycles. The second-order valence-electron chi connectivity index (χ2n) is 6.22. The lowest BCUT2D eigenvalue weighted by atomic mass is 10.2. The van der Waals surface area contributed by atoms with E-state index in [1.54, 1.807) is 43.5 Å². The van der Waals surface area contributed by atoms with Crippen molar-refractivity contribution in [1.29, 1.82) is 0 Å². The summed E-state index contributed by atoms with van der Waals surface area (Å²) in [4.78, 5) is 16.5. The minimum absolute atomic E-state index is 0.169. The van der Waals surface area contributed by atoms with Crippen molar-refractivity contribution in [3.8, 4) is 17.2 Å². The Morgan fingerprint density at radius 1 is 1.17 bits per heavy atom. The highest BCUT2D eigenvalue weighted by molar-refractivity contribution is 7.80. The van der Waals surface area contributed by atoms with E-state index in [1.165, 1.54) is 12.3 Å². The smallest absolute Gasteiger partial charge is 0.250 e. The van der Waals surface area contributed by atoms with Crippen LogP contribution in [0.15, 0.2) is 75.8 Å². The van der Waals surface area contributed by atoms with Gasteiger partial charge in [0.2, 0.25) is 11.8 Å². The van der Waals surface area contributed by atoms with Crippen LogP contribution in [-0.4, -0.2) is 23.1 Å². The monoisotopic (exact) mass is 419 g/mol. The second kappa shape index (κ2) is 8.62. The van der Waals surface area contributed by atoms with E-state index < -0.39 is 0 Å². The third-order valence-electron chi connectivity index (χ3n) is 4.16. The molecule has 2 aromatic carbocycles. The molecule has 0 aliphatic carbocycles. The number of nitrogens with one attached hydrogen (secondary N) is 2. The SMILES string of the molecule is COc1ccc(-c2nc3cc(NC(=S)NC(=O)C=Cc4ccco4)ccc3o2)cc1. The van der Waals surface area contributed by atoms with Crippen LogP contribution in [-0.2, 0) is 4.79 Å². The topological polar surface area (TPSA) is 89.5 Å². The molecule has 0 atom stereocenters. The molecule has 8 heteroatoms. The van der Waals surface area contributed by atoms with Crippen molar-refractivity contribution in [3.05, 3.63) is 72.7 Å². The van der Waals surface area contributed by atoms with E-state index in [4.69, 9.17) is 25.8 Å². The van der Waals surface area contributed by atoms with Gasteiger partial charge in [0.1, 0.15) is 17.0 Å². The Morgan fingerprint density at radius 2 is 2.00 bits per heavy atom. The number of amides is 1. The normalized spacial score (nSPS) is 11.0. The Kier molecular flexibility index (Phi) is 5.58. The van der Waals surface area contributed by atoms with Crippen molar-refractivity contribution in [2.45, 2.75) is 0 Å². The number of ether oxygens (including phenoxy) is 1. The number of carbonyl (C=O) groups is 1. The highest BCUT2D eigenvalue weighted by atomic mass is 32.1. The summed E-state index contributed by atoms with van der Waals surface area (Å²) in [6, 6.07) is 16.3. The molecule has 4 aromatic rings. The van der Waals surface area contributed by atoms with Crippen LogP contribution >= 0.6 is 12.2 Å². The molecule has 0 saturated heterocycles. The third-order valence-corrected chi connectivity index (χ3v) is 4.37. The average Bonchev–Trinajstić information content (AvgIpc) is 3.41. The molecule has 2 N–H and O–H groups in total. The maximum Gasteiger partial charge on any atom is 0.250 e. The van der Waals surface area contributed by atoms with Crippen LogP contribution in [0.1, 0.15) is 5.76 Å². The van der Waals surface area contributed by atoms with Gasteiger partial charge in [0.05, 0.1) is 13.4 Å². The lowest BCUT2D eigenvalue weighted by Crippen LogP contribution is -2.32. The molecule has 0 bridgehead atoms. The fraction of sp³-hybridized carbons (Fsp3) is 0.0455. The van der Waals surface area contributed by atoms with Gasteiger partial charge in [-0.05, 0) is 72.9 Å². The molecule has 0 fully saturated rings. The van der Waals surface area contributed by atoms with E-state index in [9.17, 15) is 4.79 Å². The number of hydrogen-bond acceptors (Lipinski definition) is 6. The number of nitrogens with zero attached hydrogens (tertiary/aromatic N) is 1. The van der Waals surface area contributed by atoms with Crippen LogP contribution < -0.4 is 15.4 Å². The Labute approximate surface area is 177 Å². The zero-order valence-corrected chi connectivity index (χ0v) is 16.7. The molecule has 0 spiro atoms. The van der Waals surface area contributed by atoms with Gasteiger partial charge >= 0.3 is 0 Å². The predicted octanol–water partition coefficient (Wildman–Crippen LogP) is 4.62. The summed E-state index contributed by atoms with van der Waals surface area (Å²) in [6.45, 7) is 0. The van der Waals surface area contributed by atoms with Crippen LogP contribution in [0.3, 0.4) is 0 Å². The van der Waals surface area contributed by atoms with E-state index in [2.05, 4.69) is 15.6 Å². The van der Waals surface area contributed by atoms with Crippen LogP contribution in [0, 0.1) is 0 Å². The number of hydrogen-bond donors (Lipinski definition) is 2. The van der Waals surface area contributed by atoms with Crippen molar-refractivity contribution in [1.82, 2.24) is 10.3 Å². The van der Waals surface area contributed by atoms with Gasteiger partial charge in [-0.25, -0.2) is 4.98 Å². The van der Waals surface area contributed by atoms with Gasteiger partial charge in [0, 0.05) is 17.3 Å². The van der Waals surface area contributed by atoms with Gasteiger partial charge in [0.15, 0.2) is 10.7 Å². The van der Waals surface area contributed by atoms with Crippen molar-refractivity contribution in [3.63, 3.8) is 0 Å². The third kappa shape index (κ3) is 4.56. The summed E-state index contributed by atoms with van der Waals surface area (Å²) in [7, 11) is 1.62. The molecule has 0 radical (unpaired) electrons. The zero-order valence-electron chi connectivity index (χ0n) is 15.9. The minimum Gasteiger partial charge on any atom is -0.497 e. The molecule has 2 heterocycles. The molecule has 1 amide bonds. The summed E-state index contributed by atoms with van der Waals surface area (Å²) in [5.74, 6) is 1.47. The number of methoxy groups -OCH3 is 1. The van der Waals surface area contributed by atoms with E-state index in [1.807, 2.05) is 24.3 Å². The number of carbonyl (C=O) groups excluding carboxylic acids is 1. The van der Waals surface area contributed by atoms with Gasteiger partial charge in [-0.1, -0.05) is 0 Å². The number of rotatable bonds is 5. The fourth-order valence-electron chi connectivity index (χ4n) is 2.72. The van der Waals surface area contributed by atoms with Gasteiger partial charge in [-0.3, -0.25) is 10.1 Å². The molecule has 30 heavy (non-hydrogen) atoms. The number of oxazole rings is 1. The first-order valence-electron chi connectivity index (χ1n) is 8.99. The highest BCUT2D eigenvalue weighted by Crippen LogP contribution is 2.27. The van der Waals surface area contributed by atoms with Crippen LogP contribution in [0.2, 0.25) is 0 Å². The lowest BCUT2D eigenvalue weighted by molar-refractivity contribution is -0.115. The average molecular weight is 419 g/mol. The predicted molar refractivity (Wildman–Crippen MR) is 118 cm³/mol. The Balaban J connectivity index is 1.42. The van der Waals surface area contributed by atoms with E-state index in [-0.39, 0.29) is 11.0 Å². The molecule has 7 nitrogen and oxygen atoms in total. The van der Waals surface area contributed by atoms with Crippen molar-refractivity contribution in [2.75, 3.05) is 12.4 Å². The number of thiocarbonyl (C=S) groups is 1. The van der Waals surface area contributed by atoms with Crippen molar-refractivity contribution < 1.29 is 18.4 Å². The summed E-state index contributed by atoms with van der Waals surface area (Å²) in [6.07, 6.45) is 4.43. The maximum absolute atomic E-state index is 12.0. The Morgan fingerprint density at radius 3 is 2.73 bits per heavy atom. The van der Waals surface area contributed by atoms with Crippen LogP contribution in [0.4, 0.5) is 5.69 Å². The Hall–Kier alpha value is -3.91. The first-order valence-corrected chi connectivity index (χ1v) is 9.40. The number of benzene rings is 2. The molecular weight excluding hydrogens is 402 g/mol. The summed E-state index contributed by atoms with van der Waals surface area (Å²) in [5.41, 5.74) is 2.82. The molecular formula is C22H17N3O4S. The number of aromatic nitrogens is 1. The number of fused-ring (bicyclic) bond motifs is 1. The first-order chi connectivity index (χ1) is 14.6. The maximum atomic E-state index is 12.0. The van der Waals surface area contributed by atoms with Crippen molar-refractivity contribution in [2.24, 2.45) is 0 Å². The largest absolute Gasteiger partial charge is 0.497 e. The standard InChI is InChI=1S/C22H17N3O4S/c1-27-16-7-4-14(5-8-16)21-24-18-13-15(6-10-19(18)29-21)23-22(30)25-20(26)11-9-17-3-2-12-28-17/h2-13H,1H3,(H2,23,25,26,30). The van der Waals surface area contributed by atoms with Gasteiger partial charge < -0.3 is 18.9 Å².